The zero-order valence-corrected chi connectivity index (χ0v) is 15.1. The molecule has 1 aromatic heterocycles. The van der Waals surface area contributed by atoms with E-state index in [2.05, 4.69) is 10.3 Å². The van der Waals surface area contributed by atoms with Crippen LogP contribution in [0, 0.1) is 4.77 Å². The van der Waals surface area contributed by atoms with Crippen LogP contribution in [0.2, 0.25) is 5.02 Å². The zero-order chi connectivity index (χ0) is 18.0. The SMILES string of the molecule is CCn1c(=S)[nH]c2cc(C(=O)NCc3cccc(Cl)c3)ccc2c1=O. The molecule has 2 N–H and O–H groups in total. The Balaban J connectivity index is 1.87. The number of amides is 1. The van der Waals surface area contributed by atoms with Gasteiger partial charge in [0.2, 0.25) is 0 Å². The number of H-pyrrole nitrogens is 1. The van der Waals surface area contributed by atoms with Crippen molar-refractivity contribution in [1.82, 2.24) is 14.9 Å². The molecule has 7 heteroatoms. The van der Waals surface area contributed by atoms with Crippen LogP contribution in [0.25, 0.3) is 10.9 Å². The average molecular weight is 374 g/mol. The fraction of sp³-hybridized carbons (Fsp3) is 0.167. The van der Waals surface area contributed by atoms with Crippen LogP contribution in [0.1, 0.15) is 22.8 Å². The van der Waals surface area contributed by atoms with Crippen molar-refractivity contribution in [3.05, 3.63) is 73.7 Å². The molecule has 0 spiro atoms. The molecule has 0 radical (unpaired) electrons. The van der Waals surface area contributed by atoms with Crippen molar-refractivity contribution >= 4 is 40.6 Å². The molecule has 0 atom stereocenters. The second kappa shape index (κ2) is 7.21. The molecule has 0 bridgehead atoms. The van der Waals surface area contributed by atoms with Crippen molar-refractivity contribution in [1.29, 1.82) is 0 Å². The molecule has 0 aliphatic heterocycles. The number of halogens is 1. The van der Waals surface area contributed by atoms with E-state index in [-0.39, 0.29) is 11.5 Å². The number of carbonyl (C=O) groups excluding carboxylic acids is 1. The van der Waals surface area contributed by atoms with Crippen molar-refractivity contribution in [2.75, 3.05) is 0 Å². The molecule has 3 rings (SSSR count). The van der Waals surface area contributed by atoms with Crippen LogP contribution in [0.5, 0.6) is 0 Å². The molecule has 3 aromatic rings. The second-order valence-electron chi connectivity index (χ2n) is 5.55. The van der Waals surface area contributed by atoms with Gasteiger partial charge in [0.05, 0.1) is 10.9 Å². The quantitative estimate of drug-likeness (QED) is 0.686. The molecule has 0 unspecified atom stereocenters. The summed E-state index contributed by atoms with van der Waals surface area (Å²) in [5.74, 6) is -0.235. The number of aromatic amines is 1. The highest BCUT2D eigenvalue weighted by Gasteiger charge is 2.10. The predicted octanol–water partition coefficient (Wildman–Crippen LogP) is 3.66. The molecule has 5 nitrogen and oxygen atoms in total. The van der Waals surface area contributed by atoms with Crippen LogP contribution in [-0.4, -0.2) is 15.5 Å². The molecule has 128 valence electrons. The Kier molecular flexibility index (Phi) is 5.01. The number of rotatable bonds is 4. The summed E-state index contributed by atoms with van der Waals surface area (Å²) in [6.45, 7) is 2.71. The van der Waals surface area contributed by atoms with Crippen molar-refractivity contribution < 1.29 is 4.79 Å². The number of nitrogens with zero attached hydrogens (tertiary/aromatic N) is 1. The molecule has 0 fully saturated rings. The number of hydrogen-bond donors (Lipinski definition) is 2. The molecule has 2 aromatic carbocycles. The molecular weight excluding hydrogens is 358 g/mol. The molecule has 25 heavy (non-hydrogen) atoms. The topological polar surface area (TPSA) is 66.9 Å². The lowest BCUT2D eigenvalue weighted by Crippen LogP contribution is -2.24. The molecule has 1 heterocycles. The Morgan fingerprint density at radius 3 is 2.80 bits per heavy atom. The van der Waals surface area contributed by atoms with Gasteiger partial charge in [-0.3, -0.25) is 14.2 Å². The highest BCUT2D eigenvalue weighted by Crippen LogP contribution is 2.13. The molecule has 0 aliphatic rings. The lowest BCUT2D eigenvalue weighted by molar-refractivity contribution is 0.0951. The predicted molar refractivity (Wildman–Crippen MR) is 102 cm³/mol. The van der Waals surface area contributed by atoms with Gasteiger partial charge in [-0.25, -0.2) is 0 Å². The van der Waals surface area contributed by atoms with Crippen LogP contribution in [-0.2, 0) is 13.1 Å². The van der Waals surface area contributed by atoms with Crippen LogP contribution in [0.3, 0.4) is 0 Å². The van der Waals surface area contributed by atoms with Crippen molar-refractivity contribution in [2.24, 2.45) is 0 Å². The number of nitrogens with one attached hydrogen (secondary N) is 2. The molecule has 1 amide bonds. The minimum Gasteiger partial charge on any atom is -0.348 e. The van der Waals surface area contributed by atoms with Gasteiger partial charge in [0.25, 0.3) is 11.5 Å². The van der Waals surface area contributed by atoms with Crippen LogP contribution >= 0.6 is 23.8 Å². The third-order valence-electron chi connectivity index (χ3n) is 3.90. The lowest BCUT2D eigenvalue weighted by atomic mass is 10.1. The van der Waals surface area contributed by atoms with Gasteiger partial charge in [0.15, 0.2) is 4.77 Å². The Labute approximate surface area is 154 Å². The van der Waals surface area contributed by atoms with Crippen LogP contribution in [0.4, 0.5) is 0 Å². The normalized spacial score (nSPS) is 10.8. The second-order valence-corrected chi connectivity index (χ2v) is 6.38. The first-order valence-corrected chi connectivity index (χ1v) is 8.57. The van der Waals surface area contributed by atoms with E-state index in [4.69, 9.17) is 23.8 Å². The molecule has 0 saturated carbocycles. The summed E-state index contributed by atoms with van der Waals surface area (Å²) in [7, 11) is 0. The Hall–Kier alpha value is -2.44. The zero-order valence-electron chi connectivity index (χ0n) is 13.5. The number of hydrogen-bond acceptors (Lipinski definition) is 3. The van der Waals surface area contributed by atoms with Gasteiger partial charge in [-0.15, -0.1) is 0 Å². The maximum absolute atomic E-state index is 12.4. The number of benzene rings is 2. The molecule has 0 aliphatic carbocycles. The van der Waals surface area contributed by atoms with E-state index in [0.29, 0.717) is 39.3 Å². The lowest BCUT2D eigenvalue weighted by Gasteiger charge is -2.08. The van der Waals surface area contributed by atoms with Gasteiger partial charge in [-0.1, -0.05) is 23.7 Å². The summed E-state index contributed by atoms with van der Waals surface area (Å²) >= 11 is 11.1. The fourth-order valence-electron chi connectivity index (χ4n) is 2.61. The monoisotopic (exact) mass is 373 g/mol. The largest absolute Gasteiger partial charge is 0.348 e. The van der Waals surface area contributed by atoms with Crippen molar-refractivity contribution in [2.45, 2.75) is 20.0 Å². The summed E-state index contributed by atoms with van der Waals surface area (Å²) in [5.41, 5.74) is 1.75. The van der Waals surface area contributed by atoms with Crippen molar-refractivity contribution in [3.8, 4) is 0 Å². The summed E-state index contributed by atoms with van der Waals surface area (Å²) < 4.78 is 1.83. The highest BCUT2D eigenvalue weighted by molar-refractivity contribution is 7.71. The Bertz CT molecular complexity index is 1070. The van der Waals surface area contributed by atoms with E-state index in [1.807, 2.05) is 19.1 Å². The van der Waals surface area contributed by atoms with Crippen LogP contribution in [0.15, 0.2) is 47.3 Å². The standard InChI is InChI=1S/C18H16ClN3O2S/c1-2-22-17(24)14-7-6-12(9-15(14)21-18(22)25)16(23)20-10-11-4-3-5-13(19)8-11/h3-9H,2,10H2,1H3,(H,20,23)(H,21,25). The molecule has 0 saturated heterocycles. The summed E-state index contributed by atoms with van der Waals surface area (Å²) in [6, 6.07) is 12.2. The number of aromatic nitrogens is 2. The maximum Gasteiger partial charge on any atom is 0.262 e. The minimum absolute atomic E-state index is 0.160. The van der Waals surface area contributed by atoms with E-state index in [1.165, 1.54) is 4.57 Å². The first-order chi connectivity index (χ1) is 12.0. The Morgan fingerprint density at radius 2 is 2.08 bits per heavy atom. The summed E-state index contributed by atoms with van der Waals surface area (Å²) in [5, 5.41) is 3.96. The smallest absolute Gasteiger partial charge is 0.262 e. The highest BCUT2D eigenvalue weighted by atomic mass is 35.5. The van der Waals surface area contributed by atoms with E-state index >= 15 is 0 Å². The minimum atomic E-state index is -0.235. The Morgan fingerprint density at radius 1 is 1.28 bits per heavy atom. The van der Waals surface area contributed by atoms with Gasteiger partial charge < -0.3 is 10.3 Å². The third kappa shape index (κ3) is 3.65. The fourth-order valence-corrected chi connectivity index (χ4v) is 3.15. The first-order valence-electron chi connectivity index (χ1n) is 7.79. The van der Waals surface area contributed by atoms with E-state index in [9.17, 15) is 9.59 Å². The molecular formula is C18H16ClN3O2S. The van der Waals surface area contributed by atoms with E-state index in [1.54, 1.807) is 30.3 Å². The van der Waals surface area contributed by atoms with Gasteiger partial charge in [0.1, 0.15) is 0 Å². The van der Waals surface area contributed by atoms with Gasteiger partial charge in [0, 0.05) is 23.7 Å². The first kappa shape index (κ1) is 17.4. The van der Waals surface area contributed by atoms with Gasteiger partial charge in [-0.05, 0) is 55.0 Å². The number of carbonyl (C=O) groups is 1. The van der Waals surface area contributed by atoms with Gasteiger partial charge in [-0.2, -0.15) is 0 Å². The number of fused-ring (bicyclic) bond motifs is 1. The van der Waals surface area contributed by atoms with Crippen molar-refractivity contribution in [3.63, 3.8) is 0 Å². The maximum atomic E-state index is 12.4. The van der Waals surface area contributed by atoms with Gasteiger partial charge >= 0.3 is 0 Å². The third-order valence-corrected chi connectivity index (χ3v) is 4.46. The van der Waals surface area contributed by atoms with E-state index in [0.717, 1.165) is 5.56 Å². The summed E-state index contributed by atoms with van der Waals surface area (Å²) in [4.78, 5) is 27.7. The van der Waals surface area contributed by atoms with E-state index < -0.39 is 0 Å². The van der Waals surface area contributed by atoms with Crippen LogP contribution < -0.4 is 10.9 Å². The summed E-state index contributed by atoms with van der Waals surface area (Å²) in [6.07, 6.45) is 0. The average Bonchev–Trinajstić information content (AvgIpc) is 2.59.